The first-order valence-corrected chi connectivity index (χ1v) is 7.60. The van der Waals surface area contributed by atoms with Crippen LogP contribution in [0.2, 0.25) is 0 Å². The highest BCUT2D eigenvalue weighted by molar-refractivity contribution is 7.89. The Kier molecular flexibility index (Phi) is 4.10. The van der Waals surface area contributed by atoms with Crippen molar-refractivity contribution in [3.63, 3.8) is 0 Å². The number of sulfonamides is 1. The van der Waals surface area contributed by atoms with Gasteiger partial charge in [0.15, 0.2) is 0 Å². The first-order chi connectivity index (χ1) is 9.79. The summed E-state index contributed by atoms with van der Waals surface area (Å²) >= 11 is 0. The molecule has 2 rings (SSSR count). The molecule has 0 saturated carbocycles. The topological polar surface area (TPSA) is 115 Å². The standard InChI is InChI=1S/C13H15N3O4S/c1-8-3-5-10(6-4-8)21(18,19)15-7-11-16-9(2)12(20-11)13(14)17/h3-6,15H,7H2,1-2H3,(H2,14,17). The molecule has 3 N–H and O–H groups in total. The van der Waals surface area contributed by atoms with E-state index in [9.17, 15) is 13.2 Å². The smallest absolute Gasteiger partial charge is 0.286 e. The summed E-state index contributed by atoms with van der Waals surface area (Å²) in [7, 11) is -3.67. The molecule has 112 valence electrons. The molecule has 0 bridgehead atoms. The van der Waals surface area contributed by atoms with E-state index in [0.717, 1.165) is 5.56 Å². The van der Waals surface area contributed by atoms with Gasteiger partial charge in [0.25, 0.3) is 5.91 Å². The van der Waals surface area contributed by atoms with Crippen LogP contribution < -0.4 is 10.5 Å². The van der Waals surface area contributed by atoms with Crippen LogP contribution in [0.1, 0.15) is 27.7 Å². The molecule has 1 aromatic heterocycles. The maximum atomic E-state index is 12.1. The Morgan fingerprint density at radius 3 is 2.43 bits per heavy atom. The van der Waals surface area contributed by atoms with E-state index in [2.05, 4.69) is 9.71 Å². The van der Waals surface area contributed by atoms with Gasteiger partial charge in [0.05, 0.1) is 17.1 Å². The van der Waals surface area contributed by atoms with Crippen molar-refractivity contribution in [2.24, 2.45) is 5.73 Å². The Morgan fingerprint density at radius 1 is 1.29 bits per heavy atom. The third kappa shape index (κ3) is 3.47. The number of nitrogens with two attached hydrogens (primary N) is 1. The average molecular weight is 309 g/mol. The zero-order chi connectivity index (χ0) is 15.6. The largest absolute Gasteiger partial charge is 0.434 e. The number of oxazole rings is 1. The Morgan fingerprint density at radius 2 is 1.90 bits per heavy atom. The molecule has 0 fully saturated rings. The highest BCUT2D eigenvalue weighted by Crippen LogP contribution is 2.12. The zero-order valence-electron chi connectivity index (χ0n) is 11.6. The first-order valence-electron chi connectivity index (χ1n) is 6.12. The van der Waals surface area contributed by atoms with Crippen molar-refractivity contribution in [1.29, 1.82) is 0 Å². The van der Waals surface area contributed by atoms with Gasteiger partial charge in [0.2, 0.25) is 21.7 Å². The second kappa shape index (κ2) is 5.66. The lowest BCUT2D eigenvalue weighted by atomic mass is 10.2. The first kappa shape index (κ1) is 15.2. The van der Waals surface area contributed by atoms with Crippen molar-refractivity contribution in [2.75, 3.05) is 0 Å². The molecule has 0 radical (unpaired) electrons. The number of primary amides is 1. The number of nitrogens with one attached hydrogen (secondary N) is 1. The highest BCUT2D eigenvalue weighted by Gasteiger charge is 2.18. The molecule has 21 heavy (non-hydrogen) atoms. The van der Waals surface area contributed by atoms with E-state index in [4.69, 9.17) is 10.2 Å². The summed E-state index contributed by atoms with van der Waals surface area (Å²) in [5.74, 6) is -0.732. The summed E-state index contributed by atoms with van der Waals surface area (Å²) in [6, 6.07) is 6.42. The van der Waals surface area contributed by atoms with Gasteiger partial charge in [0.1, 0.15) is 0 Å². The lowest BCUT2D eigenvalue weighted by Crippen LogP contribution is -2.23. The van der Waals surface area contributed by atoms with E-state index < -0.39 is 15.9 Å². The van der Waals surface area contributed by atoms with Crippen LogP contribution in [0.3, 0.4) is 0 Å². The minimum atomic E-state index is -3.67. The fourth-order valence-corrected chi connectivity index (χ4v) is 2.69. The van der Waals surface area contributed by atoms with Gasteiger partial charge in [-0.15, -0.1) is 0 Å². The van der Waals surface area contributed by atoms with Crippen LogP contribution in [0.25, 0.3) is 0 Å². The number of rotatable bonds is 5. The third-order valence-electron chi connectivity index (χ3n) is 2.81. The van der Waals surface area contributed by atoms with Crippen molar-refractivity contribution < 1.29 is 17.6 Å². The SMILES string of the molecule is Cc1ccc(S(=O)(=O)NCc2nc(C)c(C(N)=O)o2)cc1. The molecule has 0 unspecified atom stereocenters. The molecule has 1 heterocycles. The van der Waals surface area contributed by atoms with Crippen LogP contribution >= 0.6 is 0 Å². The van der Waals surface area contributed by atoms with Gasteiger partial charge in [-0.3, -0.25) is 4.79 Å². The predicted molar refractivity (Wildman–Crippen MR) is 75.0 cm³/mol. The van der Waals surface area contributed by atoms with E-state index in [1.54, 1.807) is 19.1 Å². The third-order valence-corrected chi connectivity index (χ3v) is 4.23. The van der Waals surface area contributed by atoms with Crippen LogP contribution in [-0.4, -0.2) is 19.3 Å². The number of aromatic nitrogens is 1. The van der Waals surface area contributed by atoms with Gasteiger partial charge >= 0.3 is 0 Å². The average Bonchev–Trinajstić information content (AvgIpc) is 2.79. The van der Waals surface area contributed by atoms with E-state index in [-0.39, 0.29) is 23.1 Å². The summed E-state index contributed by atoms with van der Waals surface area (Å²) in [4.78, 5) is 15.1. The normalized spacial score (nSPS) is 11.5. The number of hydrogen-bond donors (Lipinski definition) is 2. The number of aryl methyl sites for hydroxylation is 2. The van der Waals surface area contributed by atoms with E-state index >= 15 is 0 Å². The lowest BCUT2D eigenvalue weighted by molar-refractivity contribution is 0.0971. The second-order valence-electron chi connectivity index (χ2n) is 4.52. The van der Waals surface area contributed by atoms with Crippen LogP contribution in [0.4, 0.5) is 0 Å². The fraction of sp³-hybridized carbons (Fsp3) is 0.231. The number of nitrogens with zero attached hydrogens (tertiary/aromatic N) is 1. The minimum absolute atomic E-state index is 0.0699. The zero-order valence-corrected chi connectivity index (χ0v) is 12.4. The van der Waals surface area contributed by atoms with E-state index in [0.29, 0.717) is 5.69 Å². The van der Waals surface area contributed by atoms with Gasteiger partial charge in [-0.1, -0.05) is 17.7 Å². The van der Waals surface area contributed by atoms with E-state index in [1.165, 1.54) is 12.1 Å². The van der Waals surface area contributed by atoms with Crippen molar-refractivity contribution in [3.8, 4) is 0 Å². The van der Waals surface area contributed by atoms with Gasteiger partial charge in [-0.05, 0) is 26.0 Å². The number of carbonyl (C=O) groups is 1. The maximum absolute atomic E-state index is 12.1. The van der Waals surface area contributed by atoms with E-state index in [1.807, 2.05) is 6.92 Å². The molecule has 0 atom stereocenters. The summed E-state index contributed by atoms with van der Waals surface area (Å²) in [6.45, 7) is 3.26. The van der Waals surface area contributed by atoms with Crippen LogP contribution in [0.5, 0.6) is 0 Å². The molecule has 0 aliphatic heterocycles. The van der Waals surface area contributed by atoms with Crippen molar-refractivity contribution in [2.45, 2.75) is 25.3 Å². The summed E-state index contributed by atoms with van der Waals surface area (Å²) < 4.78 is 31.6. The summed E-state index contributed by atoms with van der Waals surface area (Å²) in [6.07, 6.45) is 0. The Labute approximate surface area is 122 Å². The predicted octanol–water partition coefficient (Wildman–Crippen LogP) is 0.869. The van der Waals surface area contributed by atoms with Gasteiger partial charge in [0, 0.05) is 0 Å². The summed E-state index contributed by atoms with van der Waals surface area (Å²) in [5.41, 5.74) is 6.39. The molecule has 0 spiro atoms. The molecule has 0 aliphatic rings. The van der Waals surface area contributed by atoms with Crippen LogP contribution in [-0.2, 0) is 16.6 Å². The van der Waals surface area contributed by atoms with Gasteiger partial charge < -0.3 is 10.2 Å². The minimum Gasteiger partial charge on any atom is -0.434 e. The molecule has 1 amide bonds. The number of carbonyl (C=O) groups excluding carboxylic acids is 1. The van der Waals surface area contributed by atoms with Crippen LogP contribution in [0.15, 0.2) is 33.6 Å². The van der Waals surface area contributed by atoms with Crippen molar-refractivity contribution in [3.05, 3.63) is 47.2 Å². The Bertz CT molecular complexity index is 763. The fourth-order valence-electron chi connectivity index (χ4n) is 1.71. The molecule has 2 aromatic rings. The monoisotopic (exact) mass is 309 g/mol. The van der Waals surface area contributed by atoms with Crippen molar-refractivity contribution >= 4 is 15.9 Å². The number of amides is 1. The maximum Gasteiger partial charge on any atom is 0.286 e. The Hall–Kier alpha value is -2.19. The highest BCUT2D eigenvalue weighted by atomic mass is 32.2. The molecular weight excluding hydrogens is 294 g/mol. The second-order valence-corrected chi connectivity index (χ2v) is 6.29. The number of hydrogen-bond acceptors (Lipinski definition) is 5. The molecular formula is C13H15N3O4S. The quantitative estimate of drug-likeness (QED) is 0.850. The number of benzene rings is 1. The summed E-state index contributed by atoms with van der Waals surface area (Å²) in [5, 5.41) is 0. The molecule has 0 saturated heterocycles. The molecule has 8 heteroatoms. The van der Waals surface area contributed by atoms with Crippen LogP contribution in [0, 0.1) is 13.8 Å². The molecule has 7 nitrogen and oxygen atoms in total. The van der Waals surface area contributed by atoms with Gasteiger partial charge in [-0.25, -0.2) is 18.1 Å². The molecule has 0 aliphatic carbocycles. The van der Waals surface area contributed by atoms with Gasteiger partial charge in [-0.2, -0.15) is 0 Å². The van der Waals surface area contributed by atoms with Crippen molar-refractivity contribution in [1.82, 2.24) is 9.71 Å². The Balaban J connectivity index is 2.13. The lowest BCUT2D eigenvalue weighted by Gasteiger charge is -2.05. The molecule has 1 aromatic carbocycles.